The smallest absolute Gasteiger partial charge is 0.327 e. The summed E-state index contributed by atoms with van der Waals surface area (Å²) in [5.41, 5.74) is 1.39. The van der Waals surface area contributed by atoms with Crippen molar-refractivity contribution in [1.29, 1.82) is 0 Å². The molecule has 1 N–H and O–H groups in total. The van der Waals surface area contributed by atoms with Crippen molar-refractivity contribution in [3.8, 4) is 0 Å². The van der Waals surface area contributed by atoms with Gasteiger partial charge in [-0.15, -0.1) is 17.0 Å². The molecule has 2 heterocycles. The van der Waals surface area contributed by atoms with Gasteiger partial charge in [-0.2, -0.15) is 0 Å². The van der Waals surface area contributed by atoms with E-state index in [1.165, 1.54) is 23.4 Å². The highest BCUT2D eigenvalue weighted by Crippen LogP contribution is 2.18. The van der Waals surface area contributed by atoms with Gasteiger partial charge in [-0.25, -0.2) is 9.78 Å². The van der Waals surface area contributed by atoms with E-state index in [0.717, 1.165) is 10.1 Å². The van der Waals surface area contributed by atoms with Gasteiger partial charge in [0.2, 0.25) is 0 Å². The second kappa shape index (κ2) is 7.40. The van der Waals surface area contributed by atoms with E-state index < -0.39 is 11.2 Å². The Morgan fingerprint density at radius 1 is 1.16 bits per heavy atom. The number of halogens is 1. The molecule has 0 saturated carbocycles. The van der Waals surface area contributed by atoms with Gasteiger partial charge in [0.25, 0.3) is 5.56 Å². The molecule has 0 saturated heterocycles. The average Bonchev–Trinajstić information content (AvgIpc) is 3.01. The van der Waals surface area contributed by atoms with Crippen LogP contribution in [0.25, 0.3) is 11.2 Å². The third kappa shape index (κ3) is 3.62. The summed E-state index contributed by atoms with van der Waals surface area (Å²) >= 11 is 1.20. The first-order chi connectivity index (χ1) is 11.4. The molecule has 9 heteroatoms. The van der Waals surface area contributed by atoms with E-state index in [-0.39, 0.29) is 39.7 Å². The summed E-state index contributed by atoms with van der Waals surface area (Å²) in [5, 5.41) is 0.434. The molecule has 0 radical (unpaired) electrons. The lowest BCUT2D eigenvalue weighted by Gasteiger charge is -2.00. The summed E-state index contributed by atoms with van der Waals surface area (Å²) in [4.78, 5) is 43.4. The van der Waals surface area contributed by atoms with Crippen LogP contribution in [0.1, 0.15) is 15.9 Å². The number of aryl methyl sites for hydroxylation is 2. The third-order valence-corrected chi connectivity index (χ3v) is 4.66. The molecule has 0 aliphatic rings. The number of fused-ring (bicyclic) bond motifs is 1. The van der Waals surface area contributed by atoms with Crippen molar-refractivity contribution in [1.82, 2.24) is 19.1 Å². The van der Waals surface area contributed by atoms with Gasteiger partial charge in [0, 0.05) is 19.7 Å². The van der Waals surface area contributed by atoms with Crippen molar-refractivity contribution in [3.63, 3.8) is 0 Å². The number of hydrogen-bond donors (Lipinski definition) is 1. The molecule has 2 aromatic heterocycles. The molecule has 0 aliphatic heterocycles. The molecule has 0 fully saturated rings. The number of carbonyl (C=O) groups excluding carboxylic acids is 1. The van der Waals surface area contributed by atoms with Gasteiger partial charge in [0.1, 0.15) is 0 Å². The molecule has 25 heavy (non-hydrogen) atoms. The Hall–Kier alpha value is -2.13. The molecule has 0 unspecified atom stereocenters. The quantitative estimate of drug-likeness (QED) is 0.509. The lowest BCUT2D eigenvalue weighted by Crippen LogP contribution is -2.36. The normalized spacial score (nSPS) is 10.7. The van der Waals surface area contributed by atoms with Crippen molar-refractivity contribution in [3.05, 3.63) is 56.2 Å². The molecule has 7 nitrogen and oxygen atoms in total. The van der Waals surface area contributed by atoms with Crippen molar-refractivity contribution in [2.45, 2.75) is 12.1 Å². The molecule has 3 aromatic rings. The molecule has 0 spiro atoms. The third-order valence-electron chi connectivity index (χ3n) is 3.79. The highest BCUT2D eigenvalue weighted by Gasteiger charge is 2.15. The van der Waals surface area contributed by atoms with Crippen molar-refractivity contribution in [2.24, 2.45) is 14.1 Å². The number of aromatic amines is 1. The molecule has 0 amide bonds. The maximum atomic E-state index is 12.2. The predicted molar refractivity (Wildman–Crippen MR) is 103 cm³/mol. The number of carbonyl (C=O) groups is 1. The molecule has 0 aliphatic carbocycles. The molecule has 3 rings (SSSR count). The van der Waals surface area contributed by atoms with Crippen LogP contribution < -0.4 is 11.2 Å². The first-order valence-electron chi connectivity index (χ1n) is 7.27. The number of ketones is 1. The van der Waals surface area contributed by atoms with Crippen LogP contribution in [0.5, 0.6) is 0 Å². The van der Waals surface area contributed by atoms with E-state index in [2.05, 4.69) is 9.97 Å². The average molecular weight is 425 g/mol. The minimum Gasteiger partial charge on any atom is -0.327 e. The van der Waals surface area contributed by atoms with E-state index in [1.807, 2.05) is 19.1 Å². The van der Waals surface area contributed by atoms with E-state index in [0.29, 0.717) is 10.7 Å². The number of rotatable bonds is 4. The van der Waals surface area contributed by atoms with Crippen LogP contribution in [-0.4, -0.2) is 30.6 Å². The van der Waals surface area contributed by atoms with Crippen LogP contribution >= 0.6 is 28.7 Å². The van der Waals surface area contributed by atoms with Crippen LogP contribution in [-0.2, 0) is 14.1 Å². The fourth-order valence-corrected chi connectivity index (χ4v) is 3.09. The fraction of sp³-hybridized carbons (Fsp3) is 0.250. The van der Waals surface area contributed by atoms with Crippen molar-refractivity contribution in [2.75, 3.05) is 5.75 Å². The largest absolute Gasteiger partial charge is 0.332 e. The summed E-state index contributed by atoms with van der Waals surface area (Å²) in [6.07, 6.45) is 0. The van der Waals surface area contributed by atoms with Crippen LogP contribution in [0, 0.1) is 6.92 Å². The predicted octanol–water partition coefficient (Wildman–Crippen LogP) is 1.82. The fourth-order valence-electron chi connectivity index (χ4n) is 2.33. The number of thioether (sulfide) groups is 1. The first-order valence-corrected chi connectivity index (χ1v) is 8.25. The van der Waals surface area contributed by atoms with E-state index in [1.54, 1.807) is 19.2 Å². The lowest BCUT2D eigenvalue weighted by atomic mass is 10.1. The first kappa shape index (κ1) is 19.2. The molecular weight excluding hydrogens is 408 g/mol. The van der Waals surface area contributed by atoms with Gasteiger partial charge in [-0.05, 0) is 6.92 Å². The number of aromatic nitrogens is 4. The monoisotopic (exact) mass is 424 g/mol. The molecule has 132 valence electrons. The Morgan fingerprint density at radius 2 is 1.80 bits per heavy atom. The molecule has 1 aromatic carbocycles. The Bertz CT molecular complexity index is 1050. The second-order valence-electron chi connectivity index (χ2n) is 5.52. The zero-order chi connectivity index (χ0) is 17.4. The van der Waals surface area contributed by atoms with Gasteiger partial charge in [0.05, 0.1) is 5.75 Å². The number of H-pyrrole nitrogens is 1. The topological polar surface area (TPSA) is 89.8 Å². The standard InChI is InChI=1S/C16H16N4O3S.BrH/c1-9-4-6-10(7-5-9)11(21)8-24-15-17-12-13(18-15)19(2)16(23)20(3)14(12)22;/h4-7H,8H2,1-3H3,(H,17,18);1H. The SMILES string of the molecule is Br.Cc1ccc(C(=O)CSc2nc3c([nH]2)c(=O)n(C)c(=O)n3C)cc1. The van der Waals surface area contributed by atoms with Crippen molar-refractivity contribution >= 4 is 45.7 Å². The van der Waals surface area contributed by atoms with Crippen LogP contribution in [0.3, 0.4) is 0 Å². The van der Waals surface area contributed by atoms with Crippen molar-refractivity contribution < 1.29 is 4.79 Å². The van der Waals surface area contributed by atoms with Gasteiger partial charge in [-0.1, -0.05) is 41.6 Å². The summed E-state index contributed by atoms with van der Waals surface area (Å²) in [6.45, 7) is 1.96. The van der Waals surface area contributed by atoms with Crippen LogP contribution in [0.15, 0.2) is 39.0 Å². The van der Waals surface area contributed by atoms with Crippen LogP contribution in [0.4, 0.5) is 0 Å². The zero-order valence-corrected chi connectivity index (χ0v) is 16.4. The number of nitrogens with zero attached hydrogens (tertiary/aromatic N) is 3. The number of imidazole rings is 1. The summed E-state index contributed by atoms with van der Waals surface area (Å²) < 4.78 is 2.32. The highest BCUT2D eigenvalue weighted by molar-refractivity contribution is 8.93. The van der Waals surface area contributed by atoms with Gasteiger partial charge in [-0.3, -0.25) is 18.7 Å². The molecule has 0 bridgehead atoms. The number of benzene rings is 1. The maximum Gasteiger partial charge on any atom is 0.332 e. The summed E-state index contributed by atoms with van der Waals surface area (Å²) in [6, 6.07) is 7.35. The number of hydrogen-bond acceptors (Lipinski definition) is 5. The van der Waals surface area contributed by atoms with Crippen LogP contribution in [0.2, 0.25) is 0 Å². The Balaban J connectivity index is 0.00000225. The molecule has 0 atom stereocenters. The molecular formula is C16H17BrN4O3S. The lowest BCUT2D eigenvalue weighted by molar-refractivity contribution is 0.102. The van der Waals surface area contributed by atoms with Gasteiger partial charge in [0.15, 0.2) is 22.1 Å². The summed E-state index contributed by atoms with van der Waals surface area (Å²) in [7, 11) is 2.97. The van der Waals surface area contributed by atoms with Gasteiger partial charge < -0.3 is 4.98 Å². The minimum absolute atomic E-state index is 0. The zero-order valence-electron chi connectivity index (χ0n) is 13.9. The summed E-state index contributed by atoms with van der Waals surface area (Å²) in [5.74, 6) is 0.166. The van der Waals surface area contributed by atoms with E-state index in [9.17, 15) is 14.4 Å². The van der Waals surface area contributed by atoms with E-state index in [4.69, 9.17) is 0 Å². The maximum absolute atomic E-state index is 12.2. The Labute approximate surface area is 157 Å². The highest BCUT2D eigenvalue weighted by atomic mass is 79.9. The number of Topliss-reactive ketones (excluding diaryl/α,β-unsaturated/α-hetero) is 1. The number of nitrogens with one attached hydrogen (secondary N) is 1. The Kier molecular flexibility index (Phi) is 5.69. The van der Waals surface area contributed by atoms with E-state index >= 15 is 0 Å². The Morgan fingerprint density at radius 3 is 2.44 bits per heavy atom. The second-order valence-corrected chi connectivity index (χ2v) is 6.49. The minimum atomic E-state index is -0.439. The van der Waals surface area contributed by atoms with Gasteiger partial charge >= 0.3 is 5.69 Å².